The predicted octanol–water partition coefficient (Wildman–Crippen LogP) is 2.72. The van der Waals surface area contributed by atoms with E-state index >= 15 is 0 Å². The molecule has 1 aromatic heterocycles. The molecule has 104 valence electrons. The van der Waals surface area contributed by atoms with Crippen molar-refractivity contribution < 1.29 is 9.53 Å². The second kappa shape index (κ2) is 6.25. The first-order chi connectivity index (χ1) is 9.61. The molecule has 0 aliphatic heterocycles. The summed E-state index contributed by atoms with van der Waals surface area (Å²) < 4.78 is 4.73. The Kier molecular flexibility index (Phi) is 4.42. The molecule has 0 aliphatic carbocycles. The Bertz CT molecular complexity index is 617. The summed E-state index contributed by atoms with van der Waals surface area (Å²) in [7, 11) is 1.31. The first kappa shape index (κ1) is 14.1. The quantitative estimate of drug-likeness (QED) is 0.669. The summed E-state index contributed by atoms with van der Waals surface area (Å²) >= 11 is 6.14. The summed E-state index contributed by atoms with van der Waals surface area (Å²) in [5.41, 5.74) is 7.88. The van der Waals surface area contributed by atoms with Crippen LogP contribution >= 0.6 is 11.6 Å². The number of anilines is 2. The van der Waals surface area contributed by atoms with Crippen LogP contribution in [0.2, 0.25) is 5.02 Å². The largest absolute Gasteiger partial charge is 0.465 e. The maximum atomic E-state index is 11.8. The number of pyridine rings is 1. The number of nitrogen functional groups attached to an aromatic ring is 1. The fourth-order valence-corrected chi connectivity index (χ4v) is 2.07. The molecule has 3 N–H and O–H groups in total. The summed E-state index contributed by atoms with van der Waals surface area (Å²) in [6.45, 7) is 0.488. The SMILES string of the molecule is COC(=O)c1cc(N)cc(Cl)c1NCc1cccnc1. The number of nitrogens with two attached hydrogens (primary N) is 1. The van der Waals surface area contributed by atoms with Crippen LogP contribution in [0.25, 0.3) is 0 Å². The van der Waals surface area contributed by atoms with Crippen LogP contribution in [0.15, 0.2) is 36.7 Å². The topological polar surface area (TPSA) is 77.2 Å². The molecule has 20 heavy (non-hydrogen) atoms. The van der Waals surface area contributed by atoms with E-state index in [-0.39, 0.29) is 0 Å². The standard InChI is InChI=1S/C14H14ClN3O2/c1-20-14(19)11-5-10(16)6-12(15)13(11)18-8-9-3-2-4-17-7-9/h2-7,18H,8,16H2,1H3. The van der Waals surface area contributed by atoms with Crippen LogP contribution in [-0.4, -0.2) is 18.1 Å². The second-order valence-electron chi connectivity index (χ2n) is 4.13. The number of nitrogens with one attached hydrogen (secondary N) is 1. The number of aromatic nitrogens is 1. The van der Waals surface area contributed by atoms with Gasteiger partial charge in [-0.3, -0.25) is 4.98 Å². The van der Waals surface area contributed by atoms with E-state index in [1.54, 1.807) is 18.5 Å². The van der Waals surface area contributed by atoms with E-state index in [2.05, 4.69) is 10.3 Å². The van der Waals surface area contributed by atoms with Crippen LogP contribution in [0.5, 0.6) is 0 Å². The number of methoxy groups -OCH3 is 1. The number of ether oxygens (including phenoxy) is 1. The fraction of sp³-hybridized carbons (Fsp3) is 0.143. The minimum Gasteiger partial charge on any atom is -0.465 e. The molecule has 0 bridgehead atoms. The van der Waals surface area contributed by atoms with Crippen molar-refractivity contribution in [3.05, 3.63) is 52.8 Å². The average Bonchev–Trinajstić information content (AvgIpc) is 2.46. The van der Waals surface area contributed by atoms with Crippen molar-refractivity contribution in [3.8, 4) is 0 Å². The molecule has 0 unspecified atom stereocenters. The Morgan fingerprint density at radius 2 is 2.30 bits per heavy atom. The number of rotatable bonds is 4. The van der Waals surface area contributed by atoms with Gasteiger partial charge >= 0.3 is 5.97 Å². The summed E-state index contributed by atoms with van der Waals surface area (Å²) in [6, 6.07) is 6.87. The van der Waals surface area contributed by atoms with Crippen molar-refractivity contribution in [2.75, 3.05) is 18.2 Å². The van der Waals surface area contributed by atoms with Crippen molar-refractivity contribution in [2.24, 2.45) is 0 Å². The number of nitrogens with zero attached hydrogens (tertiary/aromatic N) is 1. The van der Waals surface area contributed by atoms with Gasteiger partial charge < -0.3 is 15.8 Å². The molecule has 0 saturated carbocycles. The van der Waals surface area contributed by atoms with Gasteiger partial charge in [-0.15, -0.1) is 0 Å². The average molecular weight is 292 g/mol. The van der Waals surface area contributed by atoms with Gasteiger partial charge in [0.05, 0.1) is 23.4 Å². The maximum Gasteiger partial charge on any atom is 0.340 e. The molecule has 0 saturated heterocycles. The fourth-order valence-electron chi connectivity index (χ4n) is 1.77. The zero-order valence-corrected chi connectivity index (χ0v) is 11.6. The second-order valence-corrected chi connectivity index (χ2v) is 4.54. The first-order valence-corrected chi connectivity index (χ1v) is 6.29. The smallest absolute Gasteiger partial charge is 0.340 e. The number of halogens is 1. The molecule has 2 rings (SSSR count). The lowest BCUT2D eigenvalue weighted by atomic mass is 10.1. The lowest BCUT2D eigenvalue weighted by Gasteiger charge is -2.13. The van der Waals surface area contributed by atoms with Gasteiger partial charge in [-0.25, -0.2) is 4.79 Å². The van der Waals surface area contributed by atoms with Crippen molar-refractivity contribution >= 4 is 28.9 Å². The van der Waals surface area contributed by atoms with Crippen LogP contribution in [0.3, 0.4) is 0 Å². The maximum absolute atomic E-state index is 11.8. The van der Waals surface area contributed by atoms with Crippen molar-refractivity contribution in [1.82, 2.24) is 4.98 Å². The van der Waals surface area contributed by atoms with E-state index in [9.17, 15) is 4.79 Å². The third-order valence-electron chi connectivity index (χ3n) is 2.71. The molecular formula is C14H14ClN3O2. The van der Waals surface area contributed by atoms with Gasteiger partial charge in [0.2, 0.25) is 0 Å². The van der Waals surface area contributed by atoms with Gasteiger partial charge in [0, 0.05) is 24.6 Å². The summed E-state index contributed by atoms with van der Waals surface area (Å²) in [4.78, 5) is 15.8. The van der Waals surface area contributed by atoms with Crippen LogP contribution in [0, 0.1) is 0 Å². The van der Waals surface area contributed by atoms with Gasteiger partial charge in [-0.1, -0.05) is 17.7 Å². The van der Waals surface area contributed by atoms with Gasteiger partial charge in [0.1, 0.15) is 0 Å². The van der Waals surface area contributed by atoms with E-state index in [1.165, 1.54) is 13.2 Å². The number of hydrogen-bond donors (Lipinski definition) is 2. The van der Waals surface area contributed by atoms with Crippen LogP contribution in [-0.2, 0) is 11.3 Å². The van der Waals surface area contributed by atoms with Crippen LogP contribution in [0.4, 0.5) is 11.4 Å². The molecule has 1 aromatic carbocycles. The van der Waals surface area contributed by atoms with E-state index in [4.69, 9.17) is 22.1 Å². The van der Waals surface area contributed by atoms with Gasteiger partial charge in [-0.2, -0.15) is 0 Å². The van der Waals surface area contributed by atoms with Crippen molar-refractivity contribution in [2.45, 2.75) is 6.54 Å². The zero-order valence-electron chi connectivity index (χ0n) is 10.9. The molecule has 0 spiro atoms. The molecule has 2 aromatic rings. The molecular weight excluding hydrogens is 278 g/mol. The summed E-state index contributed by atoms with van der Waals surface area (Å²) in [6.07, 6.45) is 3.43. The van der Waals surface area contributed by atoms with E-state index in [0.717, 1.165) is 5.56 Å². The normalized spacial score (nSPS) is 10.1. The zero-order chi connectivity index (χ0) is 14.5. The third kappa shape index (κ3) is 3.19. The molecule has 0 fully saturated rings. The van der Waals surface area contributed by atoms with Gasteiger partial charge in [0.25, 0.3) is 0 Å². The summed E-state index contributed by atoms with van der Waals surface area (Å²) in [5, 5.41) is 3.48. The molecule has 5 nitrogen and oxygen atoms in total. The van der Waals surface area contributed by atoms with Crippen LogP contribution in [0.1, 0.15) is 15.9 Å². The highest BCUT2D eigenvalue weighted by atomic mass is 35.5. The Labute approximate surface area is 121 Å². The lowest BCUT2D eigenvalue weighted by molar-refractivity contribution is 0.0602. The van der Waals surface area contributed by atoms with E-state index < -0.39 is 5.97 Å². The minimum atomic E-state index is -0.493. The number of hydrogen-bond acceptors (Lipinski definition) is 5. The first-order valence-electron chi connectivity index (χ1n) is 5.92. The van der Waals surface area contributed by atoms with Gasteiger partial charge in [0.15, 0.2) is 0 Å². The number of carbonyl (C=O) groups excluding carboxylic acids is 1. The molecule has 6 heteroatoms. The van der Waals surface area contributed by atoms with E-state index in [0.29, 0.717) is 28.5 Å². The lowest BCUT2D eigenvalue weighted by Crippen LogP contribution is -2.10. The number of carbonyl (C=O) groups is 1. The Balaban J connectivity index is 2.28. The molecule has 0 amide bonds. The Hall–Kier alpha value is -2.27. The molecule has 0 radical (unpaired) electrons. The Morgan fingerprint density at radius 3 is 2.95 bits per heavy atom. The minimum absolute atomic E-state index is 0.307. The highest BCUT2D eigenvalue weighted by Gasteiger charge is 2.16. The monoisotopic (exact) mass is 291 g/mol. The Morgan fingerprint density at radius 1 is 1.50 bits per heavy atom. The summed E-state index contributed by atoms with van der Waals surface area (Å²) in [5.74, 6) is -0.493. The predicted molar refractivity (Wildman–Crippen MR) is 78.8 cm³/mol. The number of esters is 1. The highest BCUT2D eigenvalue weighted by molar-refractivity contribution is 6.34. The van der Waals surface area contributed by atoms with Gasteiger partial charge in [-0.05, 0) is 23.8 Å². The molecule has 1 heterocycles. The molecule has 0 atom stereocenters. The highest BCUT2D eigenvalue weighted by Crippen LogP contribution is 2.30. The van der Waals surface area contributed by atoms with E-state index in [1.807, 2.05) is 12.1 Å². The molecule has 0 aliphatic rings. The number of benzene rings is 1. The van der Waals surface area contributed by atoms with Crippen LogP contribution < -0.4 is 11.1 Å². The third-order valence-corrected chi connectivity index (χ3v) is 3.01. The van der Waals surface area contributed by atoms with Crippen molar-refractivity contribution in [3.63, 3.8) is 0 Å². The van der Waals surface area contributed by atoms with Crippen molar-refractivity contribution in [1.29, 1.82) is 0 Å².